The zero-order chi connectivity index (χ0) is 24.5. The van der Waals surface area contributed by atoms with E-state index in [4.69, 9.17) is 30.9 Å². The topological polar surface area (TPSA) is 69.0 Å². The van der Waals surface area contributed by atoms with Crippen LogP contribution in [0.5, 0.6) is 11.6 Å². The van der Waals surface area contributed by atoms with Crippen LogP contribution in [0.2, 0.25) is 5.02 Å². The second kappa shape index (κ2) is 12.9. The van der Waals surface area contributed by atoms with Crippen LogP contribution < -0.4 is 4.74 Å². The van der Waals surface area contributed by atoms with Crippen molar-refractivity contribution in [2.75, 3.05) is 33.4 Å². The van der Waals surface area contributed by atoms with Crippen molar-refractivity contribution in [1.29, 1.82) is 0 Å². The van der Waals surface area contributed by atoms with Crippen molar-refractivity contribution in [2.45, 2.75) is 32.6 Å². The molecule has 0 saturated heterocycles. The molecule has 0 aliphatic rings. The first kappa shape index (κ1) is 26.2. The first-order chi connectivity index (χ1) is 16.4. The van der Waals surface area contributed by atoms with E-state index in [-0.39, 0.29) is 12.7 Å². The SMILES string of the molecule is COCCN(Cc1c(-c2ccccc2)nn(C)c1Oc1ccccc1Cl)C[C@@H](O)COC(C)C. The van der Waals surface area contributed by atoms with E-state index in [0.717, 1.165) is 16.8 Å². The lowest BCUT2D eigenvalue weighted by molar-refractivity contribution is -0.0121. The molecule has 0 unspecified atom stereocenters. The largest absolute Gasteiger partial charge is 0.437 e. The zero-order valence-electron chi connectivity index (χ0n) is 20.3. The van der Waals surface area contributed by atoms with Crippen molar-refractivity contribution >= 4 is 11.6 Å². The van der Waals surface area contributed by atoms with Crippen molar-refractivity contribution in [1.82, 2.24) is 14.7 Å². The molecule has 184 valence electrons. The van der Waals surface area contributed by atoms with E-state index in [2.05, 4.69) is 4.90 Å². The van der Waals surface area contributed by atoms with Gasteiger partial charge in [-0.3, -0.25) is 4.90 Å². The van der Waals surface area contributed by atoms with Crippen molar-refractivity contribution in [2.24, 2.45) is 7.05 Å². The molecule has 8 heteroatoms. The maximum Gasteiger partial charge on any atom is 0.222 e. The fourth-order valence-electron chi connectivity index (χ4n) is 3.62. The number of hydrogen-bond acceptors (Lipinski definition) is 6. The molecule has 0 aliphatic carbocycles. The van der Waals surface area contributed by atoms with Crippen molar-refractivity contribution in [3.8, 4) is 22.9 Å². The zero-order valence-corrected chi connectivity index (χ0v) is 21.0. The second-order valence-corrected chi connectivity index (χ2v) is 8.83. The first-order valence-electron chi connectivity index (χ1n) is 11.4. The molecule has 1 aromatic heterocycles. The molecule has 3 rings (SSSR count). The lowest BCUT2D eigenvalue weighted by Gasteiger charge is -2.25. The van der Waals surface area contributed by atoms with Crippen LogP contribution in [-0.4, -0.2) is 65.4 Å². The minimum absolute atomic E-state index is 0.0562. The van der Waals surface area contributed by atoms with Crippen LogP contribution in [0.15, 0.2) is 54.6 Å². The summed E-state index contributed by atoms with van der Waals surface area (Å²) < 4.78 is 19.0. The maximum absolute atomic E-state index is 10.6. The maximum atomic E-state index is 10.6. The second-order valence-electron chi connectivity index (χ2n) is 8.42. The smallest absolute Gasteiger partial charge is 0.222 e. The first-order valence-corrected chi connectivity index (χ1v) is 11.8. The number of benzene rings is 2. The van der Waals surface area contributed by atoms with Gasteiger partial charge < -0.3 is 19.3 Å². The van der Waals surface area contributed by atoms with E-state index >= 15 is 0 Å². The molecule has 1 atom stereocenters. The highest BCUT2D eigenvalue weighted by Gasteiger charge is 2.24. The molecule has 0 radical (unpaired) electrons. The van der Waals surface area contributed by atoms with Gasteiger partial charge in [-0.15, -0.1) is 0 Å². The number of para-hydroxylation sites is 1. The van der Waals surface area contributed by atoms with Gasteiger partial charge in [0.25, 0.3) is 0 Å². The Bertz CT molecular complexity index is 1030. The van der Waals surface area contributed by atoms with Crippen LogP contribution in [0.1, 0.15) is 19.4 Å². The summed E-state index contributed by atoms with van der Waals surface area (Å²) in [5.74, 6) is 1.16. The lowest BCUT2D eigenvalue weighted by Crippen LogP contribution is -2.37. The Morgan fingerprint density at radius 3 is 2.47 bits per heavy atom. The Morgan fingerprint density at radius 1 is 1.09 bits per heavy atom. The summed E-state index contributed by atoms with van der Waals surface area (Å²) >= 11 is 6.38. The van der Waals surface area contributed by atoms with E-state index in [0.29, 0.717) is 42.9 Å². The van der Waals surface area contributed by atoms with Crippen molar-refractivity contribution < 1.29 is 19.3 Å². The Labute approximate surface area is 206 Å². The van der Waals surface area contributed by atoms with Gasteiger partial charge in [-0.05, 0) is 26.0 Å². The number of methoxy groups -OCH3 is 1. The summed E-state index contributed by atoms with van der Waals surface area (Å²) in [6.45, 7) is 6.25. The molecule has 1 heterocycles. The molecule has 0 spiro atoms. The number of nitrogens with zero attached hydrogens (tertiary/aromatic N) is 3. The third-order valence-electron chi connectivity index (χ3n) is 5.26. The van der Waals surface area contributed by atoms with Crippen LogP contribution in [0, 0.1) is 0 Å². The highest BCUT2D eigenvalue weighted by molar-refractivity contribution is 6.32. The number of aromatic nitrogens is 2. The Kier molecular flexibility index (Phi) is 9.92. The van der Waals surface area contributed by atoms with Crippen LogP contribution in [0.4, 0.5) is 0 Å². The van der Waals surface area contributed by atoms with Gasteiger partial charge in [0.2, 0.25) is 5.88 Å². The molecule has 7 nitrogen and oxygen atoms in total. The number of rotatable bonds is 13. The standard InChI is InChI=1S/C26H34ClN3O4/c1-19(2)33-18-21(31)16-30(14-15-32-4)17-22-25(20-10-6-5-7-11-20)28-29(3)26(22)34-24-13-9-8-12-23(24)27/h5-13,19,21,31H,14-18H2,1-4H3/t21-/m1/s1. The quantitative estimate of drug-likeness (QED) is 0.374. The summed E-state index contributed by atoms with van der Waals surface area (Å²) in [5, 5.41) is 15.9. The predicted octanol–water partition coefficient (Wildman–Crippen LogP) is 4.77. The van der Waals surface area contributed by atoms with Gasteiger partial charge >= 0.3 is 0 Å². The minimum Gasteiger partial charge on any atom is -0.437 e. The van der Waals surface area contributed by atoms with Gasteiger partial charge in [0.15, 0.2) is 0 Å². The molecule has 0 aliphatic heterocycles. The summed E-state index contributed by atoms with van der Waals surface area (Å²) in [7, 11) is 3.52. The minimum atomic E-state index is -0.635. The predicted molar refractivity (Wildman–Crippen MR) is 134 cm³/mol. The number of aliphatic hydroxyl groups excluding tert-OH is 1. The van der Waals surface area contributed by atoms with Crippen LogP contribution >= 0.6 is 11.6 Å². The van der Waals surface area contributed by atoms with Crippen molar-refractivity contribution in [3.05, 3.63) is 65.2 Å². The van der Waals surface area contributed by atoms with Gasteiger partial charge in [-0.2, -0.15) is 5.10 Å². The summed E-state index contributed by atoms with van der Waals surface area (Å²) in [6.07, 6.45) is -0.579. The normalized spacial score (nSPS) is 12.5. The fraction of sp³-hybridized carbons (Fsp3) is 0.423. The number of halogens is 1. The van der Waals surface area contributed by atoms with Gasteiger partial charge in [-0.25, -0.2) is 4.68 Å². The molecule has 0 fully saturated rings. The van der Waals surface area contributed by atoms with Crippen LogP contribution in [0.25, 0.3) is 11.3 Å². The van der Waals surface area contributed by atoms with E-state index in [1.54, 1.807) is 17.9 Å². The number of hydrogen-bond donors (Lipinski definition) is 1. The number of ether oxygens (including phenoxy) is 3. The number of aliphatic hydroxyl groups is 1. The molecular formula is C26H34ClN3O4. The van der Waals surface area contributed by atoms with E-state index in [1.165, 1.54) is 0 Å². The Morgan fingerprint density at radius 2 is 1.79 bits per heavy atom. The van der Waals surface area contributed by atoms with E-state index in [9.17, 15) is 5.11 Å². The van der Waals surface area contributed by atoms with E-state index in [1.807, 2.05) is 69.4 Å². The average molecular weight is 488 g/mol. The monoisotopic (exact) mass is 487 g/mol. The molecular weight excluding hydrogens is 454 g/mol. The van der Waals surface area contributed by atoms with Gasteiger partial charge in [-0.1, -0.05) is 54.1 Å². The molecule has 2 aromatic carbocycles. The highest BCUT2D eigenvalue weighted by atomic mass is 35.5. The summed E-state index contributed by atoms with van der Waals surface area (Å²) in [5.41, 5.74) is 2.71. The molecule has 34 heavy (non-hydrogen) atoms. The molecule has 3 aromatic rings. The molecule has 1 N–H and O–H groups in total. The summed E-state index contributed by atoms with van der Waals surface area (Å²) in [4.78, 5) is 2.13. The summed E-state index contributed by atoms with van der Waals surface area (Å²) in [6, 6.07) is 17.4. The Balaban J connectivity index is 1.95. The Hall–Kier alpha value is -2.42. The van der Waals surface area contributed by atoms with Crippen LogP contribution in [0.3, 0.4) is 0 Å². The van der Waals surface area contributed by atoms with Gasteiger partial charge in [0.05, 0.1) is 36.0 Å². The molecule has 0 bridgehead atoms. The van der Waals surface area contributed by atoms with E-state index < -0.39 is 6.10 Å². The highest BCUT2D eigenvalue weighted by Crippen LogP contribution is 2.36. The van der Waals surface area contributed by atoms with Gasteiger partial charge in [0.1, 0.15) is 11.4 Å². The van der Waals surface area contributed by atoms with Gasteiger partial charge in [0, 0.05) is 39.4 Å². The number of aryl methyl sites for hydroxylation is 1. The van der Waals surface area contributed by atoms with Crippen molar-refractivity contribution in [3.63, 3.8) is 0 Å². The lowest BCUT2D eigenvalue weighted by atomic mass is 10.1. The molecule has 0 amide bonds. The van der Waals surface area contributed by atoms with Crippen LogP contribution in [-0.2, 0) is 23.1 Å². The third kappa shape index (κ3) is 7.29. The average Bonchev–Trinajstić information content (AvgIpc) is 3.13. The molecule has 0 saturated carbocycles. The fourth-order valence-corrected chi connectivity index (χ4v) is 3.79. The third-order valence-corrected chi connectivity index (χ3v) is 5.57.